The highest BCUT2D eigenvalue weighted by Gasteiger charge is 2.11. The van der Waals surface area contributed by atoms with Gasteiger partial charge in [0.1, 0.15) is 11.5 Å². The molecule has 0 bridgehead atoms. The van der Waals surface area contributed by atoms with Crippen molar-refractivity contribution >= 4 is 29.0 Å². The third-order valence-electron chi connectivity index (χ3n) is 5.00. The highest BCUT2D eigenvalue weighted by Crippen LogP contribution is 2.32. The quantitative estimate of drug-likeness (QED) is 0.307. The van der Waals surface area contributed by atoms with E-state index in [1.54, 1.807) is 54.9 Å². The van der Waals surface area contributed by atoms with Gasteiger partial charge in [-0.05, 0) is 78.7 Å². The lowest BCUT2D eigenvalue weighted by Gasteiger charge is -2.13. The molecule has 0 unspecified atom stereocenters. The van der Waals surface area contributed by atoms with Crippen LogP contribution < -0.4 is 20.1 Å². The summed E-state index contributed by atoms with van der Waals surface area (Å²) in [6.07, 6.45) is 4.32. The third-order valence-corrected chi connectivity index (χ3v) is 5.23. The molecular weight excluding hydrogens is 452 g/mol. The van der Waals surface area contributed by atoms with Gasteiger partial charge in [-0.15, -0.1) is 0 Å². The van der Waals surface area contributed by atoms with Gasteiger partial charge in [0.15, 0.2) is 0 Å². The van der Waals surface area contributed by atoms with Gasteiger partial charge in [-0.2, -0.15) is 0 Å². The van der Waals surface area contributed by atoms with E-state index in [0.717, 1.165) is 23.2 Å². The van der Waals surface area contributed by atoms with Crippen molar-refractivity contribution in [2.24, 2.45) is 0 Å². The van der Waals surface area contributed by atoms with Gasteiger partial charge in [-0.25, -0.2) is 9.78 Å². The summed E-state index contributed by atoms with van der Waals surface area (Å²) in [7, 11) is 1.52. The van der Waals surface area contributed by atoms with Crippen molar-refractivity contribution in [1.82, 2.24) is 9.97 Å². The van der Waals surface area contributed by atoms with Gasteiger partial charge in [0, 0.05) is 34.4 Å². The topological polar surface area (TPSA) is 85.4 Å². The van der Waals surface area contributed by atoms with Crippen LogP contribution in [0.5, 0.6) is 17.4 Å². The van der Waals surface area contributed by atoms with Crippen molar-refractivity contribution in [3.8, 4) is 28.5 Å². The van der Waals surface area contributed by atoms with E-state index in [-0.39, 0.29) is 0 Å². The van der Waals surface area contributed by atoms with Gasteiger partial charge in [0.05, 0.1) is 12.8 Å². The number of ether oxygens (including phenoxy) is 2. The van der Waals surface area contributed by atoms with Crippen LogP contribution in [0.2, 0.25) is 5.02 Å². The highest BCUT2D eigenvalue weighted by molar-refractivity contribution is 6.31. The number of nitrogens with one attached hydrogen (secondary N) is 2. The molecule has 4 rings (SSSR count). The van der Waals surface area contributed by atoms with Crippen LogP contribution in [0.1, 0.15) is 12.6 Å². The number of rotatable bonds is 7. The Hall–Kier alpha value is -4.10. The van der Waals surface area contributed by atoms with Crippen LogP contribution in [0.3, 0.4) is 0 Å². The van der Waals surface area contributed by atoms with Gasteiger partial charge >= 0.3 is 6.03 Å². The number of aryl methyl sites for hydroxylation is 1. The summed E-state index contributed by atoms with van der Waals surface area (Å²) in [5, 5.41) is 6.00. The second-order valence-electron chi connectivity index (χ2n) is 7.30. The molecule has 2 aromatic heterocycles. The fourth-order valence-corrected chi connectivity index (χ4v) is 3.48. The molecule has 0 aliphatic carbocycles. The number of pyridine rings is 2. The Morgan fingerprint density at radius 3 is 2.56 bits per heavy atom. The van der Waals surface area contributed by atoms with E-state index >= 15 is 0 Å². The standard InChI is InChI=1S/C26H23ClN4O3/c1-3-19-15-17(12-14-28-19)22-5-4-13-29-25(22)34-21-9-7-20(8-10-21)30-26(32)31-23-16-18(27)6-11-24(23)33-2/h4-16H,3H2,1-2H3,(H2,30,31,32). The molecule has 2 aromatic carbocycles. The number of urea groups is 1. The van der Waals surface area contributed by atoms with Gasteiger partial charge in [-0.1, -0.05) is 18.5 Å². The molecule has 0 aliphatic rings. The third kappa shape index (κ3) is 5.63. The summed E-state index contributed by atoms with van der Waals surface area (Å²) in [6, 6.07) is 19.4. The minimum absolute atomic E-state index is 0.425. The van der Waals surface area contributed by atoms with E-state index in [1.807, 2.05) is 24.3 Å². The first-order valence-electron chi connectivity index (χ1n) is 10.7. The molecule has 0 aliphatic heterocycles. The van der Waals surface area contributed by atoms with Crippen LogP contribution in [0.4, 0.5) is 16.2 Å². The zero-order valence-electron chi connectivity index (χ0n) is 18.7. The average molecular weight is 475 g/mol. The second kappa shape index (κ2) is 10.7. The number of hydrogen-bond donors (Lipinski definition) is 2. The Labute approximate surface area is 202 Å². The van der Waals surface area contributed by atoms with Crippen molar-refractivity contribution in [2.75, 3.05) is 17.7 Å². The zero-order valence-corrected chi connectivity index (χ0v) is 19.5. The van der Waals surface area contributed by atoms with Gasteiger partial charge in [0.2, 0.25) is 5.88 Å². The summed E-state index contributed by atoms with van der Waals surface area (Å²) >= 11 is 6.02. The zero-order chi connectivity index (χ0) is 23.9. The predicted octanol–water partition coefficient (Wildman–Crippen LogP) is 6.80. The minimum Gasteiger partial charge on any atom is -0.495 e. The summed E-state index contributed by atoms with van der Waals surface area (Å²) in [4.78, 5) is 21.2. The van der Waals surface area contributed by atoms with Crippen molar-refractivity contribution in [3.63, 3.8) is 0 Å². The first-order valence-corrected chi connectivity index (χ1v) is 11.0. The molecule has 34 heavy (non-hydrogen) atoms. The number of aromatic nitrogens is 2. The van der Waals surface area contributed by atoms with E-state index < -0.39 is 6.03 Å². The molecule has 7 nitrogen and oxygen atoms in total. The number of benzene rings is 2. The molecule has 2 heterocycles. The number of hydrogen-bond acceptors (Lipinski definition) is 5. The molecule has 2 amide bonds. The largest absolute Gasteiger partial charge is 0.495 e. The maximum Gasteiger partial charge on any atom is 0.323 e. The van der Waals surface area contributed by atoms with Crippen LogP contribution in [0, 0.1) is 0 Å². The van der Waals surface area contributed by atoms with Gasteiger partial charge < -0.3 is 20.1 Å². The molecule has 0 spiro atoms. The number of halogens is 1. The fraction of sp³-hybridized carbons (Fsp3) is 0.115. The van der Waals surface area contributed by atoms with E-state index in [1.165, 1.54) is 7.11 Å². The minimum atomic E-state index is -0.425. The smallest absolute Gasteiger partial charge is 0.323 e. The summed E-state index contributed by atoms with van der Waals surface area (Å²) in [5.74, 6) is 1.59. The maximum absolute atomic E-state index is 12.4. The Balaban J connectivity index is 1.45. The molecular formula is C26H23ClN4O3. The van der Waals surface area contributed by atoms with Crippen molar-refractivity contribution in [1.29, 1.82) is 0 Å². The maximum atomic E-state index is 12.4. The van der Waals surface area contributed by atoms with Crippen molar-refractivity contribution in [3.05, 3.63) is 89.8 Å². The molecule has 172 valence electrons. The normalized spacial score (nSPS) is 10.4. The molecule has 4 aromatic rings. The van der Waals surface area contributed by atoms with Crippen LogP contribution in [-0.4, -0.2) is 23.1 Å². The summed E-state index contributed by atoms with van der Waals surface area (Å²) < 4.78 is 11.3. The monoisotopic (exact) mass is 474 g/mol. The van der Waals surface area contributed by atoms with Crippen molar-refractivity contribution in [2.45, 2.75) is 13.3 Å². The van der Waals surface area contributed by atoms with E-state index in [9.17, 15) is 4.79 Å². The second-order valence-corrected chi connectivity index (χ2v) is 7.73. The molecule has 8 heteroatoms. The number of anilines is 2. The molecule has 0 saturated carbocycles. The highest BCUT2D eigenvalue weighted by atomic mass is 35.5. The number of carbonyl (C=O) groups excluding carboxylic acids is 1. The van der Waals surface area contributed by atoms with E-state index in [0.29, 0.717) is 33.8 Å². The Kier molecular flexibility index (Phi) is 7.25. The predicted molar refractivity (Wildman–Crippen MR) is 134 cm³/mol. The lowest BCUT2D eigenvalue weighted by molar-refractivity contribution is 0.262. The first kappa shape index (κ1) is 23.1. The van der Waals surface area contributed by atoms with Crippen molar-refractivity contribution < 1.29 is 14.3 Å². The number of amides is 2. The van der Waals surface area contributed by atoms with Gasteiger partial charge in [0.25, 0.3) is 0 Å². The molecule has 0 atom stereocenters. The lowest BCUT2D eigenvalue weighted by Crippen LogP contribution is -2.19. The Bertz CT molecular complexity index is 1300. The Morgan fingerprint density at radius 2 is 1.79 bits per heavy atom. The van der Waals surface area contributed by atoms with Gasteiger partial charge in [-0.3, -0.25) is 4.98 Å². The number of methoxy groups -OCH3 is 1. The van der Waals surface area contributed by atoms with Crippen LogP contribution in [-0.2, 0) is 6.42 Å². The molecule has 0 saturated heterocycles. The van der Waals surface area contributed by atoms with E-state index in [4.69, 9.17) is 21.1 Å². The number of nitrogens with zero attached hydrogens (tertiary/aromatic N) is 2. The number of carbonyl (C=O) groups is 1. The lowest BCUT2D eigenvalue weighted by atomic mass is 10.1. The summed E-state index contributed by atoms with van der Waals surface area (Å²) in [6.45, 7) is 2.06. The molecule has 0 fully saturated rings. The van der Waals surface area contributed by atoms with E-state index in [2.05, 4.69) is 27.5 Å². The fourth-order valence-electron chi connectivity index (χ4n) is 3.31. The first-order chi connectivity index (χ1) is 16.6. The Morgan fingerprint density at radius 1 is 0.971 bits per heavy atom. The molecule has 2 N–H and O–H groups in total. The average Bonchev–Trinajstić information content (AvgIpc) is 2.86. The SMILES string of the molecule is CCc1cc(-c2cccnc2Oc2ccc(NC(=O)Nc3cc(Cl)ccc3OC)cc2)ccn1. The van der Waals surface area contributed by atoms with Crippen LogP contribution in [0.25, 0.3) is 11.1 Å². The summed E-state index contributed by atoms with van der Waals surface area (Å²) in [5.41, 5.74) is 3.92. The van der Waals surface area contributed by atoms with Crippen LogP contribution in [0.15, 0.2) is 79.1 Å². The molecule has 0 radical (unpaired) electrons. The van der Waals surface area contributed by atoms with Crippen LogP contribution >= 0.6 is 11.6 Å².